The fraction of sp³-hybridized carbons (Fsp3) is 0.875. The predicted molar refractivity (Wildman–Crippen MR) is 46.3 cm³/mol. The summed E-state index contributed by atoms with van der Waals surface area (Å²) >= 11 is 0. The first-order valence-electron chi connectivity index (χ1n) is 4.58. The van der Waals surface area contributed by atoms with Crippen LogP contribution in [-0.4, -0.2) is 25.5 Å². The third-order valence-corrected chi connectivity index (χ3v) is 2.50. The molecule has 0 aliphatic carbocycles. The number of hydrazine groups is 1. The molecule has 1 aliphatic heterocycles. The summed E-state index contributed by atoms with van der Waals surface area (Å²) < 4.78 is 0. The number of carbonyl (C=O) groups is 1. The monoisotopic (exact) mass is 172 g/mol. The summed E-state index contributed by atoms with van der Waals surface area (Å²) in [7, 11) is 0. The van der Waals surface area contributed by atoms with Crippen LogP contribution in [0.1, 0.15) is 19.8 Å². The molecule has 0 bridgehead atoms. The Hall–Kier alpha value is -0.610. The second-order valence-corrected chi connectivity index (χ2v) is 3.57. The van der Waals surface area contributed by atoms with Crippen LogP contribution in [0, 0.1) is 5.92 Å². The Morgan fingerprint density at radius 3 is 2.67 bits per heavy atom. The van der Waals surface area contributed by atoms with Crippen LogP contribution in [0.2, 0.25) is 0 Å². The van der Waals surface area contributed by atoms with Crippen molar-refractivity contribution in [2.75, 3.05) is 19.6 Å². The van der Waals surface area contributed by atoms with Crippen molar-refractivity contribution in [3.05, 3.63) is 0 Å². The molecule has 0 aromatic heterocycles. The molecule has 4 nitrogen and oxygen atoms in total. The molecular weight excluding hydrogens is 154 g/mol. The molecule has 0 saturated carbocycles. The van der Waals surface area contributed by atoms with Gasteiger partial charge in [0.2, 0.25) is 5.91 Å². The van der Waals surface area contributed by atoms with E-state index >= 15 is 0 Å². The lowest BCUT2D eigenvalue weighted by Gasteiger charge is -2.15. The predicted octanol–water partition coefficient (Wildman–Crippen LogP) is -1.71. The second kappa shape index (κ2) is 4.42. The SMILES string of the molecule is C[C@@H](C[NH+]1CCCC1)C(=O)NN. The molecule has 0 radical (unpaired) electrons. The summed E-state index contributed by atoms with van der Waals surface area (Å²) in [6, 6.07) is 0. The van der Waals surface area contributed by atoms with Crippen molar-refractivity contribution in [2.45, 2.75) is 19.8 Å². The third kappa shape index (κ3) is 2.46. The number of amides is 1. The van der Waals surface area contributed by atoms with Crippen LogP contribution in [0.4, 0.5) is 0 Å². The molecule has 1 aliphatic rings. The van der Waals surface area contributed by atoms with E-state index < -0.39 is 0 Å². The van der Waals surface area contributed by atoms with Gasteiger partial charge >= 0.3 is 0 Å². The van der Waals surface area contributed by atoms with E-state index in [0.29, 0.717) is 0 Å². The van der Waals surface area contributed by atoms with Crippen molar-refractivity contribution in [3.8, 4) is 0 Å². The van der Waals surface area contributed by atoms with Crippen molar-refractivity contribution in [1.29, 1.82) is 0 Å². The number of nitrogens with one attached hydrogen (secondary N) is 2. The molecule has 1 rings (SSSR count). The van der Waals surface area contributed by atoms with Gasteiger partial charge in [0.25, 0.3) is 0 Å². The van der Waals surface area contributed by atoms with Gasteiger partial charge in [0.1, 0.15) is 0 Å². The van der Waals surface area contributed by atoms with Crippen LogP contribution in [-0.2, 0) is 4.79 Å². The van der Waals surface area contributed by atoms with Crippen molar-refractivity contribution < 1.29 is 9.69 Å². The Morgan fingerprint density at radius 2 is 2.17 bits per heavy atom. The first-order valence-corrected chi connectivity index (χ1v) is 4.58. The molecule has 1 saturated heterocycles. The molecule has 12 heavy (non-hydrogen) atoms. The smallest absolute Gasteiger partial charge is 0.242 e. The van der Waals surface area contributed by atoms with Crippen molar-refractivity contribution in [3.63, 3.8) is 0 Å². The van der Waals surface area contributed by atoms with Crippen molar-refractivity contribution in [1.82, 2.24) is 5.43 Å². The van der Waals surface area contributed by atoms with Crippen LogP contribution < -0.4 is 16.2 Å². The molecule has 0 spiro atoms. The van der Waals surface area contributed by atoms with Gasteiger partial charge in [-0.25, -0.2) is 5.84 Å². The highest BCUT2D eigenvalue weighted by molar-refractivity contribution is 5.77. The van der Waals surface area contributed by atoms with Gasteiger partial charge in [-0.2, -0.15) is 0 Å². The van der Waals surface area contributed by atoms with Gasteiger partial charge in [-0.3, -0.25) is 10.2 Å². The summed E-state index contributed by atoms with van der Waals surface area (Å²) in [4.78, 5) is 12.6. The number of carbonyl (C=O) groups excluding carboxylic acids is 1. The molecule has 4 N–H and O–H groups in total. The van der Waals surface area contributed by atoms with E-state index in [2.05, 4.69) is 5.43 Å². The van der Waals surface area contributed by atoms with E-state index in [9.17, 15) is 4.79 Å². The molecule has 0 aromatic carbocycles. The van der Waals surface area contributed by atoms with Crippen LogP contribution in [0.5, 0.6) is 0 Å². The van der Waals surface area contributed by atoms with Gasteiger partial charge in [0.05, 0.1) is 25.6 Å². The zero-order valence-electron chi connectivity index (χ0n) is 7.60. The normalized spacial score (nSPS) is 20.8. The third-order valence-electron chi connectivity index (χ3n) is 2.50. The van der Waals surface area contributed by atoms with E-state index in [1.807, 2.05) is 6.92 Å². The fourth-order valence-electron chi connectivity index (χ4n) is 1.75. The lowest BCUT2D eigenvalue weighted by molar-refractivity contribution is -0.889. The Bertz CT molecular complexity index is 154. The standard InChI is InChI=1S/C8H17N3O/c1-7(8(12)10-9)6-11-4-2-3-5-11/h7H,2-6,9H2,1H3,(H,10,12)/p+1/t7-/m0/s1. The van der Waals surface area contributed by atoms with Crippen LogP contribution in [0.25, 0.3) is 0 Å². The summed E-state index contributed by atoms with van der Waals surface area (Å²) in [6.07, 6.45) is 2.60. The van der Waals surface area contributed by atoms with Crippen molar-refractivity contribution >= 4 is 5.91 Å². The minimum absolute atomic E-state index is 0.0445. The first kappa shape index (κ1) is 9.48. The summed E-state index contributed by atoms with van der Waals surface area (Å²) in [5.41, 5.74) is 2.19. The average Bonchev–Trinajstić information content (AvgIpc) is 2.55. The minimum Gasteiger partial charge on any atom is -0.334 e. The number of rotatable bonds is 3. The Kier molecular flexibility index (Phi) is 3.49. The largest absolute Gasteiger partial charge is 0.334 e. The molecule has 0 unspecified atom stereocenters. The second-order valence-electron chi connectivity index (χ2n) is 3.57. The Labute approximate surface area is 73.1 Å². The van der Waals surface area contributed by atoms with Gasteiger partial charge in [0, 0.05) is 12.8 Å². The van der Waals surface area contributed by atoms with Crippen LogP contribution >= 0.6 is 0 Å². The van der Waals surface area contributed by atoms with Crippen molar-refractivity contribution in [2.24, 2.45) is 11.8 Å². The number of hydrogen-bond donors (Lipinski definition) is 3. The number of hydrogen-bond acceptors (Lipinski definition) is 2. The summed E-state index contributed by atoms with van der Waals surface area (Å²) in [5, 5.41) is 0. The molecule has 1 atom stereocenters. The summed E-state index contributed by atoms with van der Waals surface area (Å²) in [5.74, 6) is 5.04. The maximum absolute atomic E-state index is 11.1. The number of quaternary nitrogens is 1. The van der Waals surface area contributed by atoms with E-state index in [1.165, 1.54) is 30.8 Å². The van der Waals surface area contributed by atoms with Gasteiger partial charge in [0.15, 0.2) is 0 Å². The average molecular weight is 172 g/mol. The maximum Gasteiger partial charge on any atom is 0.242 e. The molecule has 4 heteroatoms. The lowest BCUT2D eigenvalue weighted by atomic mass is 10.1. The van der Waals surface area contributed by atoms with E-state index in [-0.39, 0.29) is 11.8 Å². The highest BCUT2D eigenvalue weighted by atomic mass is 16.2. The first-order chi connectivity index (χ1) is 5.74. The minimum atomic E-state index is -0.0469. The number of likely N-dealkylation sites (tertiary alicyclic amines) is 1. The molecule has 0 aromatic rings. The molecular formula is C8H18N3O+. The summed E-state index contributed by atoms with van der Waals surface area (Å²) in [6.45, 7) is 5.26. The molecule has 70 valence electrons. The van der Waals surface area contributed by atoms with Crippen LogP contribution in [0.15, 0.2) is 0 Å². The molecule has 1 amide bonds. The van der Waals surface area contributed by atoms with E-state index in [4.69, 9.17) is 5.84 Å². The Morgan fingerprint density at radius 1 is 1.58 bits per heavy atom. The van der Waals surface area contributed by atoms with Gasteiger partial charge in [-0.1, -0.05) is 0 Å². The van der Waals surface area contributed by atoms with Gasteiger partial charge < -0.3 is 4.90 Å². The Balaban J connectivity index is 2.24. The number of nitrogens with two attached hydrogens (primary N) is 1. The highest BCUT2D eigenvalue weighted by Gasteiger charge is 2.21. The maximum atomic E-state index is 11.1. The molecule has 1 fully saturated rings. The van der Waals surface area contributed by atoms with Gasteiger partial charge in [-0.05, 0) is 6.92 Å². The quantitative estimate of drug-likeness (QED) is 0.270. The van der Waals surface area contributed by atoms with Gasteiger partial charge in [-0.15, -0.1) is 0 Å². The van der Waals surface area contributed by atoms with Crippen LogP contribution in [0.3, 0.4) is 0 Å². The zero-order valence-corrected chi connectivity index (χ0v) is 7.60. The fourth-order valence-corrected chi connectivity index (χ4v) is 1.75. The topological polar surface area (TPSA) is 59.6 Å². The zero-order chi connectivity index (χ0) is 8.97. The highest BCUT2D eigenvalue weighted by Crippen LogP contribution is 1.93. The lowest BCUT2D eigenvalue weighted by Crippen LogP contribution is -3.10. The molecule has 1 heterocycles. The van der Waals surface area contributed by atoms with E-state index in [1.54, 1.807) is 0 Å². The van der Waals surface area contributed by atoms with E-state index in [0.717, 1.165) is 6.54 Å².